The molecule has 0 aliphatic carbocycles. The van der Waals surface area contributed by atoms with Crippen LogP contribution in [0.1, 0.15) is 18.4 Å². The van der Waals surface area contributed by atoms with E-state index < -0.39 is 5.97 Å². The van der Waals surface area contributed by atoms with Crippen molar-refractivity contribution in [2.24, 2.45) is 5.92 Å². The highest BCUT2D eigenvalue weighted by Crippen LogP contribution is 2.17. The monoisotopic (exact) mass is 240 g/mol. The number of thiol groups is 1. The topological polar surface area (TPSA) is 57.5 Å². The zero-order valence-electron chi connectivity index (χ0n) is 8.97. The van der Waals surface area contributed by atoms with Gasteiger partial charge in [0.2, 0.25) is 0 Å². The molecule has 0 saturated carbocycles. The van der Waals surface area contributed by atoms with Gasteiger partial charge in [-0.15, -0.1) is 0 Å². The second-order valence-electron chi connectivity index (χ2n) is 3.77. The molecule has 4 heteroatoms. The second-order valence-corrected chi connectivity index (χ2v) is 4.22. The third kappa shape index (κ3) is 4.14. The first-order chi connectivity index (χ1) is 7.63. The van der Waals surface area contributed by atoms with Crippen LogP contribution in [0.15, 0.2) is 24.3 Å². The number of benzene rings is 1. The number of phenolic OH excluding ortho intramolecular Hbond substituents is 1. The molecule has 0 aliphatic rings. The van der Waals surface area contributed by atoms with Gasteiger partial charge >= 0.3 is 5.97 Å². The van der Waals surface area contributed by atoms with Crippen LogP contribution < -0.4 is 0 Å². The summed E-state index contributed by atoms with van der Waals surface area (Å²) in [5, 5.41) is 18.2. The van der Waals surface area contributed by atoms with Crippen LogP contribution >= 0.6 is 12.6 Å². The summed E-state index contributed by atoms with van der Waals surface area (Å²) in [5.41, 5.74) is 0.935. The summed E-state index contributed by atoms with van der Waals surface area (Å²) in [5.74, 6) is -0.225. The van der Waals surface area contributed by atoms with Crippen LogP contribution in [0.3, 0.4) is 0 Å². The van der Waals surface area contributed by atoms with Crippen LogP contribution in [0.2, 0.25) is 0 Å². The highest BCUT2D eigenvalue weighted by Gasteiger charge is 2.17. The first-order valence-electron chi connectivity index (χ1n) is 5.25. The Kier molecular flexibility index (Phi) is 5.19. The summed E-state index contributed by atoms with van der Waals surface area (Å²) in [6.07, 6.45) is 1.95. The van der Waals surface area contributed by atoms with E-state index >= 15 is 0 Å². The molecule has 0 heterocycles. The van der Waals surface area contributed by atoms with Gasteiger partial charge in [0.25, 0.3) is 0 Å². The Morgan fingerprint density at radius 1 is 1.31 bits per heavy atom. The molecule has 0 radical (unpaired) electrons. The quantitative estimate of drug-likeness (QED) is 0.669. The van der Waals surface area contributed by atoms with Crippen molar-refractivity contribution in [3.05, 3.63) is 29.8 Å². The van der Waals surface area contributed by atoms with Crippen molar-refractivity contribution >= 4 is 18.6 Å². The van der Waals surface area contributed by atoms with Gasteiger partial charge in [-0.1, -0.05) is 12.1 Å². The lowest BCUT2D eigenvalue weighted by atomic mass is 9.95. The maximum absolute atomic E-state index is 11.0. The van der Waals surface area contributed by atoms with Crippen LogP contribution in [0, 0.1) is 5.92 Å². The maximum atomic E-state index is 11.0. The summed E-state index contributed by atoms with van der Waals surface area (Å²) in [7, 11) is 0. The molecular formula is C12H16O3S. The van der Waals surface area contributed by atoms with E-state index in [2.05, 4.69) is 12.6 Å². The third-order valence-electron chi connectivity index (χ3n) is 2.48. The molecule has 0 spiro atoms. The molecule has 16 heavy (non-hydrogen) atoms. The molecule has 3 nitrogen and oxygen atoms in total. The molecule has 2 N–H and O–H groups in total. The van der Waals surface area contributed by atoms with Crippen molar-refractivity contribution in [3.8, 4) is 5.75 Å². The Hall–Kier alpha value is -1.16. The van der Waals surface area contributed by atoms with E-state index in [9.17, 15) is 4.79 Å². The van der Waals surface area contributed by atoms with Crippen molar-refractivity contribution in [3.63, 3.8) is 0 Å². The smallest absolute Gasteiger partial charge is 0.306 e. The molecule has 0 bridgehead atoms. The summed E-state index contributed by atoms with van der Waals surface area (Å²) in [6.45, 7) is 0. The zero-order valence-corrected chi connectivity index (χ0v) is 9.86. The van der Waals surface area contributed by atoms with E-state index in [-0.39, 0.29) is 11.7 Å². The van der Waals surface area contributed by atoms with Crippen LogP contribution in [0.25, 0.3) is 0 Å². The van der Waals surface area contributed by atoms with Crippen LogP contribution in [-0.4, -0.2) is 21.9 Å². The number of rotatable bonds is 6. The molecule has 0 amide bonds. The van der Waals surface area contributed by atoms with Crippen molar-refractivity contribution in [1.29, 1.82) is 0 Å². The molecule has 0 fully saturated rings. The predicted molar refractivity (Wildman–Crippen MR) is 66.0 cm³/mol. The van der Waals surface area contributed by atoms with Gasteiger partial charge < -0.3 is 10.2 Å². The lowest BCUT2D eigenvalue weighted by Crippen LogP contribution is -2.16. The molecule has 0 aromatic heterocycles. The van der Waals surface area contributed by atoms with Gasteiger partial charge in [-0.3, -0.25) is 4.79 Å². The number of hydrogen-bond donors (Lipinski definition) is 3. The molecule has 0 aliphatic heterocycles. The fourth-order valence-electron chi connectivity index (χ4n) is 1.57. The van der Waals surface area contributed by atoms with E-state index in [4.69, 9.17) is 10.2 Å². The van der Waals surface area contributed by atoms with Crippen molar-refractivity contribution in [2.45, 2.75) is 19.3 Å². The number of carboxylic acids is 1. The molecule has 1 atom stereocenters. The summed E-state index contributed by atoms with van der Waals surface area (Å²) in [6, 6.07) is 6.66. The fraction of sp³-hybridized carbons (Fsp3) is 0.417. The van der Waals surface area contributed by atoms with Gasteiger partial charge in [-0.05, 0) is 42.7 Å². The fourth-order valence-corrected chi connectivity index (χ4v) is 1.75. The number of hydrogen-bond acceptors (Lipinski definition) is 3. The average molecular weight is 240 g/mol. The molecule has 1 unspecified atom stereocenters. The van der Waals surface area contributed by atoms with E-state index in [1.165, 1.54) is 0 Å². The SMILES string of the molecule is O=C(O)C(CCCS)Cc1ccc(O)cc1. The average Bonchev–Trinajstić information content (AvgIpc) is 2.26. The molecule has 1 aromatic carbocycles. The Balaban J connectivity index is 2.60. The standard InChI is InChI=1S/C12H16O3S/c13-11-5-3-9(4-6-11)8-10(12(14)15)2-1-7-16/h3-6,10,13,16H,1-2,7-8H2,(H,14,15). The number of aromatic hydroxyl groups is 1. The maximum Gasteiger partial charge on any atom is 0.306 e. The largest absolute Gasteiger partial charge is 0.508 e. The van der Waals surface area contributed by atoms with Gasteiger partial charge in [0.05, 0.1) is 5.92 Å². The molecule has 1 aromatic rings. The number of aliphatic carboxylic acids is 1. The highest BCUT2D eigenvalue weighted by atomic mass is 32.1. The van der Waals surface area contributed by atoms with E-state index in [1.54, 1.807) is 24.3 Å². The molecular weight excluding hydrogens is 224 g/mol. The van der Waals surface area contributed by atoms with Crippen molar-refractivity contribution < 1.29 is 15.0 Å². The minimum Gasteiger partial charge on any atom is -0.508 e. The first-order valence-corrected chi connectivity index (χ1v) is 5.88. The molecule has 1 rings (SSSR count). The normalized spacial score (nSPS) is 12.3. The Morgan fingerprint density at radius 3 is 2.44 bits per heavy atom. The highest BCUT2D eigenvalue weighted by molar-refractivity contribution is 7.80. The lowest BCUT2D eigenvalue weighted by Gasteiger charge is -2.11. The van der Waals surface area contributed by atoms with E-state index in [1.807, 2.05) is 0 Å². The van der Waals surface area contributed by atoms with E-state index in [0.717, 1.165) is 12.0 Å². The van der Waals surface area contributed by atoms with Gasteiger partial charge in [-0.25, -0.2) is 0 Å². The van der Waals surface area contributed by atoms with Crippen molar-refractivity contribution in [2.75, 3.05) is 5.75 Å². The zero-order chi connectivity index (χ0) is 12.0. The number of phenols is 1. The van der Waals surface area contributed by atoms with E-state index in [0.29, 0.717) is 18.6 Å². The van der Waals surface area contributed by atoms with Crippen LogP contribution in [0.5, 0.6) is 5.75 Å². The predicted octanol–water partition coefficient (Wildman–Crippen LogP) is 2.35. The summed E-state index contributed by atoms with van der Waals surface area (Å²) in [4.78, 5) is 11.0. The van der Waals surface area contributed by atoms with Gasteiger partial charge in [0, 0.05) is 0 Å². The molecule has 88 valence electrons. The Bertz CT molecular complexity index is 335. The summed E-state index contributed by atoms with van der Waals surface area (Å²) < 4.78 is 0. The first kappa shape index (κ1) is 12.9. The third-order valence-corrected chi connectivity index (χ3v) is 2.79. The van der Waals surface area contributed by atoms with Gasteiger partial charge in [0.1, 0.15) is 5.75 Å². The minimum atomic E-state index is -0.769. The second kappa shape index (κ2) is 6.43. The Labute approximate surface area is 101 Å². The number of carbonyl (C=O) groups is 1. The Morgan fingerprint density at radius 2 is 1.94 bits per heavy atom. The minimum absolute atomic E-state index is 0.200. The summed E-state index contributed by atoms with van der Waals surface area (Å²) >= 11 is 4.08. The van der Waals surface area contributed by atoms with Crippen LogP contribution in [0.4, 0.5) is 0 Å². The van der Waals surface area contributed by atoms with Gasteiger partial charge in [-0.2, -0.15) is 12.6 Å². The van der Waals surface area contributed by atoms with Gasteiger partial charge in [0.15, 0.2) is 0 Å². The number of carboxylic acid groups (broad SMARTS) is 1. The van der Waals surface area contributed by atoms with Crippen molar-refractivity contribution in [1.82, 2.24) is 0 Å². The lowest BCUT2D eigenvalue weighted by molar-refractivity contribution is -0.141. The van der Waals surface area contributed by atoms with Crippen LogP contribution in [-0.2, 0) is 11.2 Å². The molecule has 0 saturated heterocycles.